The Labute approximate surface area is 156 Å². The van der Waals surface area contributed by atoms with E-state index in [2.05, 4.69) is 0 Å². The van der Waals surface area contributed by atoms with E-state index in [9.17, 15) is 14.7 Å². The van der Waals surface area contributed by atoms with Crippen LogP contribution in [0.4, 0.5) is 0 Å². The van der Waals surface area contributed by atoms with E-state index in [0.717, 1.165) is 0 Å². The highest BCUT2D eigenvalue weighted by molar-refractivity contribution is 6.32. The monoisotopic (exact) mass is 377 g/mol. The van der Waals surface area contributed by atoms with Gasteiger partial charge in [0.15, 0.2) is 5.76 Å². The smallest absolute Gasteiger partial charge is 0.339 e. The lowest BCUT2D eigenvalue weighted by molar-refractivity contribution is 0.0564. The van der Waals surface area contributed by atoms with E-state index in [0.29, 0.717) is 48.9 Å². The van der Waals surface area contributed by atoms with E-state index < -0.39 is 5.97 Å². The van der Waals surface area contributed by atoms with Gasteiger partial charge in [0, 0.05) is 38.4 Å². The molecule has 0 bridgehead atoms. The molecule has 0 aliphatic carbocycles. The number of benzene rings is 1. The fourth-order valence-corrected chi connectivity index (χ4v) is 3.21. The van der Waals surface area contributed by atoms with Crippen LogP contribution >= 0.6 is 11.6 Å². The molecule has 2 aromatic rings. The Balaban J connectivity index is 1.62. The average Bonchev–Trinajstić information content (AvgIpc) is 3.08. The first-order chi connectivity index (χ1) is 12.5. The van der Waals surface area contributed by atoms with E-state index in [1.165, 1.54) is 6.07 Å². The van der Waals surface area contributed by atoms with Crippen molar-refractivity contribution < 1.29 is 23.8 Å². The number of piperidine rings is 1. The number of likely N-dealkylation sites (tertiary alicyclic amines) is 1. The van der Waals surface area contributed by atoms with Crippen molar-refractivity contribution in [3.05, 3.63) is 52.4 Å². The lowest BCUT2D eigenvalue weighted by Crippen LogP contribution is -2.41. The third kappa shape index (κ3) is 3.85. The topological polar surface area (TPSA) is 80.0 Å². The third-order valence-electron chi connectivity index (χ3n) is 4.43. The largest absolute Gasteiger partial charge is 0.489 e. The van der Waals surface area contributed by atoms with E-state index >= 15 is 0 Å². The van der Waals surface area contributed by atoms with Crippen molar-refractivity contribution >= 4 is 23.5 Å². The molecule has 1 N–H and O–H groups in total. The molecule has 1 amide bonds. The number of amides is 1. The zero-order valence-corrected chi connectivity index (χ0v) is 15.2. The first kappa shape index (κ1) is 18.3. The van der Waals surface area contributed by atoms with Crippen LogP contribution in [0.3, 0.4) is 0 Å². The summed E-state index contributed by atoms with van der Waals surface area (Å²) in [5, 5.41) is 9.75. The normalized spacial score (nSPS) is 15.1. The van der Waals surface area contributed by atoms with Gasteiger partial charge in [0.05, 0.1) is 5.02 Å². The van der Waals surface area contributed by atoms with Crippen LogP contribution in [-0.4, -0.2) is 41.1 Å². The Morgan fingerprint density at radius 3 is 2.58 bits per heavy atom. The van der Waals surface area contributed by atoms with Gasteiger partial charge >= 0.3 is 5.97 Å². The number of hydrogen-bond acceptors (Lipinski definition) is 4. The Bertz CT molecular complexity index is 808. The minimum absolute atomic E-state index is 0.0173. The minimum atomic E-state index is -1.09. The summed E-state index contributed by atoms with van der Waals surface area (Å²) in [6.07, 6.45) is 1.74. The average molecular weight is 378 g/mol. The van der Waals surface area contributed by atoms with Gasteiger partial charge in [-0.1, -0.05) is 30.7 Å². The Hall–Kier alpha value is -2.47. The highest BCUT2D eigenvalue weighted by Gasteiger charge is 2.28. The van der Waals surface area contributed by atoms with Gasteiger partial charge < -0.3 is 19.2 Å². The van der Waals surface area contributed by atoms with Gasteiger partial charge in [0.2, 0.25) is 0 Å². The fourth-order valence-electron chi connectivity index (χ4n) is 3.03. The minimum Gasteiger partial charge on any atom is -0.489 e. The molecule has 0 atom stereocenters. The second-order valence-electron chi connectivity index (χ2n) is 6.15. The van der Waals surface area contributed by atoms with E-state index in [1.807, 2.05) is 18.2 Å². The van der Waals surface area contributed by atoms with E-state index in [4.69, 9.17) is 20.8 Å². The zero-order chi connectivity index (χ0) is 18.7. The summed E-state index contributed by atoms with van der Waals surface area (Å²) >= 11 is 6.11. The standard InChI is InChI=1S/C19H20ClNO5/c1-2-15-13(19(23)24)11-17(26-15)18(22)21-9-7-12(8-10-21)25-16-6-4-3-5-14(16)20/h3-6,11-12H,2,7-10H2,1H3,(H,23,24). The van der Waals surface area contributed by atoms with Crippen LogP contribution in [0, 0.1) is 0 Å². The molecule has 0 saturated carbocycles. The van der Waals surface area contributed by atoms with Crippen LogP contribution in [0.25, 0.3) is 0 Å². The second kappa shape index (κ2) is 7.83. The number of aromatic carboxylic acids is 1. The van der Waals surface area contributed by atoms with Crippen LogP contribution in [0.2, 0.25) is 5.02 Å². The summed E-state index contributed by atoms with van der Waals surface area (Å²) in [5.41, 5.74) is 0.0489. The summed E-state index contributed by atoms with van der Waals surface area (Å²) in [6, 6.07) is 8.62. The molecule has 6 nitrogen and oxygen atoms in total. The molecule has 0 unspecified atom stereocenters. The van der Waals surface area contributed by atoms with Crippen LogP contribution in [-0.2, 0) is 6.42 Å². The number of carboxylic acids is 1. The predicted molar refractivity (Wildman–Crippen MR) is 96.1 cm³/mol. The molecule has 0 spiro atoms. The highest BCUT2D eigenvalue weighted by atomic mass is 35.5. The lowest BCUT2D eigenvalue weighted by Gasteiger charge is -2.31. The number of nitrogens with zero attached hydrogens (tertiary/aromatic N) is 1. The van der Waals surface area contributed by atoms with Gasteiger partial charge in [-0.2, -0.15) is 0 Å². The number of para-hydroxylation sites is 1. The Morgan fingerprint density at radius 2 is 2.00 bits per heavy atom. The van der Waals surface area contributed by atoms with Crippen LogP contribution < -0.4 is 4.74 Å². The van der Waals surface area contributed by atoms with Crippen molar-refractivity contribution in [2.45, 2.75) is 32.3 Å². The molecule has 1 aliphatic rings. The zero-order valence-electron chi connectivity index (χ0n) is 14.4. The van der Waals surface area contributed by atoms with Crippen LogP contribution in [0.15, 0.2) is 34.7 Å². The number of carboxylic acid groups (broad SMARTS) is 1. The molecule has 3 rings (SSSR count). The molecule has 1 fully saturated rings. The second-order valence-corrected chi connectivity index (χ2v) is 6.55. The molecular weight excluding hydrogens is 358 g/mol. The van der Waals surface area contributed by atoms with Gasteiger partial charge in [-0.05, 0) is 12.1 Å². The van der Waals surface area contributed by atoms with E-state index in [1.54, 1.807) is 17.9 Å². The Morgan fingerprint density at radius 1 is 1.31 bits per heavy atom. The van der Waals surface area contributed by atoms with Crippen molar-refractivity contribution in [3.8, 4) is 5.75 Å². The van der Waals surface area contributed by atoms with E-state index in [-0.39, 0.29) is 23.3 Å². The number of hydrogen-bond donors (Lipinski definition) is 1. The van der Waals surface area contributed by atoms with Crippen molar-refractivity contribution in [1.82, 2.24) is 4.90 Å². The van der Waals surface area contributed by atoms with Crippen LogP contribution in [0.1, 0.15) is 46.4 Å². The Kier molecular flexibility index (Phi) is 5.52. The van der Waals surface area contributed by atoms with Gasteiger partial charge in [0.1, 0.15) is 23.2 Å². The highest BCUT2D eigenvalue weighted by Crippen LogP contribution is 2.27. The summed E-state index contributed by atoms with van der Waals surface area (Å²) in [6.45, 7) is 2.81. The number of aryl methyl sites for hydroxylation is 1. The summed E-state index contributed by atoms with van der Waals surface area (Å²) in [7, 11) is 0. The van der Waals surface area contributed by atoms with Crippen molar-refractivity contribution in [2.24, 2.45) is 0 Å². The van der Waals surface area contributed by atoms with Crippen molar-refractivity contribution in [2.75, 3.05) is 13.1 Å². The molecule has 1 aliphatic heterocycles. The van der Waals surface area contributed by atoms with Crippen LogP contribution in [0.5, 0.6) is 5.75 Å². The first-order valence-electron chi connectivity index (χ1n) is 8.56. The number of carbonyl (C=O) groups excluding carboxylic acids is 1. The molecule has 1 aromatic heterocycles. The summed E-state index contributed by atoms with van der Waals surface area (Å²) in [5.74, 6) is -0.342. The number of halogens is 1. The van der Waals surface area contributed by atoms with Gasteiger partial charge in [0.25, 0.3) is 5.91 Å². The SMILES string of the molecule is CCc1oc(C(=O)N2CCC(Oc3ccccc3Cl)CC2)cc1C(=O)O. The predicted octanol–water partition coefficient (Wildman–Crippen LogP) is 3.88. The lowest BCUT2D eigenvalue weighted by atomic mass is 10.1. The number of ether oxygens (including phenoxy) is 1. The molecule has 1 aromatic carbocycles. The fraction of sp³-hybridized carbons (Fsp3) is 0.368. The maximum atomic E-state index is 12.6. The number of rotatable bonds is 5. The third-order valence-corrected chi connectivity index (χ3v) is 4.74. The van der Waals surface area contributed by atoms with Gasteiger partial charge in [-0.3, -0.25) is 4.79 Å². The molecule has 0 radical (unpaired) electrons. The molecule has 7 heteroatoms. The number of furan rings is 1. The molecular formula is C19H20ClNO5. The molecule has 138 valence electrons. The molecule has 2 heterocycles. The maximum absolute atomic E-state index is 12.6. The van der Waals surface area contributed by atoms with Crippen molar-refractivity contribution in [1.29, 1.82) is 0 Å². The first-order valence-corrected chi connectivity index (χ1v) is 8.93. The number of carbonyl (C=O) groups is 2. The summed E-state index contributed by atoms with van der Waals surface area (Å²) < 4.78 is 11.4. The quantitative estimate of drug-likeness (QED) is 0.855. The van der Waals surface area contributed by atoms with Crippen molar-refractivity contribution in [3.63, 3.8) is 0 Å². The molecule has 1 saturated heterocycles. The maximum Gasteiger partial charge on any atom is 0.339 e. The molecule has 26 heavy (non-hydrogen) atoms. The van der Waals surface area contributed by atoms with Gasteiger partial charge in [-0.25, -0.2) is 4.79 Å². The summed E-state index contributed by atoms with van der Waals surface area (Å²) in [4.78, 5) is 25.5. The van der Waals surface area contributed by atoms with Gasteiger partial charge in [-0.15, -0.1) is 0 Å².